The smallest absolute Gasteiger partial charge is 0.158 e. The molecule has 4 heterocycles. The van der Waals surface area contributed by atoms with Gasteiger partial charge < -0.3 is 5.32 Å². The van der Waals surface area contributed by atoms with Crippen LogP contribution in [0.2, 0.25) is 0 Å². The Hall–Kier alpha value is -3.44. The van der Waals surface area contributed by atoms with Gasteiger partial charge >= 0.3 is 0 Å². The Labute approximate surface area is 172 Å². The van der Waals surface area contributed by atoms with E-state index in [1.54, 1.807) is 22.8 Å². The Morgan fingerprint density at radius 3 is 2.83 bits per heavy atom. The zero-order valence-corrected chi connectivity index (χ0v) is 16.6. The molecule has 0 spiro atoms. The van der Waals surface area contributed by atoms with Crippen molar-refractivity contribution in [2.75, 3.05) is 13.1 Å². The Kier molecular flexibility index (Phi) is 4.60. The first-order valence-corrected chi connectivity index (χ1v) is 10.0. The van der Waals surface area contributed by atoms with Gasteiger partial charge in [-0.25, -0.2) is 13.9 Å². The van der Waals surface area contributed by atoms with Crippen molar-refractivity contribution in [2.45, 2.75) is 32.1 Å². The Bertz CT molecular complexity index is 1300. The van der Waals surface area contributed by atoms with Crippen molar-refractivity contribution in [3.63, 3.8) is 0 Å². The van der Waals surface area contributed by atoms with Crippen LogP contribution in [0.25, 0.3) is 27.8 Å². The van der Waals surface area contributed by atoms with Gasteiger partial charge in [0.2, 0.25) is 0 Å². The van der Waals surface area contributed by atoms with E-state index in [2.05, 4.69) is 31.7 Å². The largest absolute Gasteiger partial charge is 0.317 e. The van der Waals surface area contributed by atoms with E-state index in [9.17, 15) is 5.26 Å². The third kappa shape index (κ3) is 3.27. The number of rotatable bonds is 3. The Morgan fingerprint density at radius 2 is 2.03 bits per heavy atom. The van der Waals surface area contributed by atoms with Crippen molar-refractivity contribution in [2.24, 2.45) is 0 Å². The summed E-state index contributed by atoms with van der Waals surface area (Å²) in [6.07, 6.45) is 3.96. The molecule has 1 aliphatic rings. The molecular weight excluding hydrogens is 381 g/mol. The van der Waals surface area contributed by atoms with Crippen LogP contribution in [0.4, 0.5) is 4.39 Å². The standard InChI is InChI=1S/C22H20FN7/c1-13-12-30-22(26-13)15(2-5-24)9-20(29-30)16-8-18(23)17-11-19(27-28-21(17)10-16)14-3-6-25-7-4-14/h8-12,14,25H,2-4,6-7H2,1H3. The van der Waals surface area contributed by atoms with Crippen LogP contribution in [-0.4, -0.2) is 37.9 Å². The molecule has 0 unspecified atom stereocenters. The van der Waals surface area contributed by atoms with Crippen molar-refractivity contribution in [3.8, 4) is 17.3 Å². The van der Waals surface area contributed by atoms with E-state index >= 15 is 4.39 Å². The Balaban J connectivity index is 1.60. The summed E-state index contributed by atoms with van der Waals surface area (Å²) >= 11 is 0. The third-order valence-corrected chi connectivity index (χ3v) is 5.62. The average molecular weight is 401 g/mol. The molecule has 0 aliphatic carbocycles. The number of halogens is 1. The summed E-state index contributed by atoms with van der Waals surface area (Å²) in [4.78, 5) is 4.44. The predicted octanol–water partition coefficient (Wildman–Crippen LogP) is 3.32. The monoisotopic (exact) mass is 401 g/mol. The maximum Gasteiger partial charge on any atom is 0.158 e. The van der Waals surface area contributed by atoms with E-state index in [1.807, 2.05) is 13.0 Å². The highest BCUT2D eigenvalue weighted by Gasteiger charge is 2.19. The molecule has 3 aromatic heterocycles. The fourth-order valence-electron chi connectivity index (χ4n) is 4.09. The molecule has 5 rings (SSSR count). The predicted molar refractivity (Wildman–Crippen MR) is 110 cm³/mol. The van der Waals surface area contributed by atoms with E-state index in [-0.39, 0.29) is 12.2 Å². The van der Waals surface area contributed by atoms with Crippen molar-refractivity contribution >= 4 is 16.6 Å². The van der Waals surface area contributed by atoms with Gasteiger partial charge in [-0.2, -0.15) is 20.6 Å². The van der Waals surface area contributed by atoms with Crippen LogP contribution in [0.3, 0.4) is 0 Å². The lowest BCUT2D eigenvalue weighted by atomic mass is 9.93. The van der Waals surface area contributed by atoms with Crippen LogP contribution < -0.4 is 5.32 Å². The maximum atomic E-state index is 15.1. The SMILES string of the molecule is Cc1cn2nc(-c3cc(F)c4cc(C5CCNCC5)nnc4c3)cc(CC#N)c2n1. The molecule has 0 radical (unpaired) electrons. The quantitative estimate of drug-likeness (QED) is 0.566. The molecule has 0 bridgehead atoms. The second-order valence-corrected chi connectivity index (χ2v) is 7.72. The fourth-order valence-corrected chi connectivity index (χ4v) is 4.09. The second-order valence-electron chi connectivity index (χ2n) is 7.72. The molecule has 4 aromatic rings. The molecule has 150 valence electrons. The molecule has 1 aliphatic heterocycles. The van der Waals surface area contributed by atoms with Gasteiger partial charge in [0.25, 0.3) is 0 Å². The van der Waals surface area contributed by atoms with E-state index < -0.39 is 0 Å². The molecule has 1 saturated heterocycles. The number of imidazole rings is 1. The van der Waals surface area contributed by atoms with E-state index in [1.165, 1.54) is 6.07 Å². The summed E-state index contributed by atoms with van der Waals surface area (Å²) in [6, 6.07) is 9.06. The molecule has 0 saturated carbocycles. The summed E-state index contributed by atoms with van der Waals surface area (Å²) in [7, 11) is 0. The van der Waals surface area contributed by atoms with Crippen LogP contribution in [0.15, 0.2) is 30.5 Å². The molecule has 0 amide bonds. The van der Waals surface area contributed by atoms with E-state index in [4.69, 9.17) is 0 Å². The number of benzene rings is 1. The summed E-state index contributed by atoms with van der Waals surface area (Å²) in [6.45, 7) is 3.76. The summed E-state index contributed by atoms with van der Waals surface area (Å²) < 4.78 is 16.7. The van der Waals surface area contributed by atoms with Crippen molar-refractivity contribution in [1.29, 1.82) is 5.26 Å². The van der Waals surface area contributed by atoms with Crippen LogP contribution >= 0.6 is 0 Å². The average Bonchev–Trinajstić information content (AvgIpc) is 3.15. The topological polar surface area (TPSA) is 91.8 Å². The lowest BCUT2D eigenvalue weighted by molar-refractivity contribution is 0.451. The molecular formula is C22H20FN7. The van der Waals surface area contributed by atoms with Crippen molar-refractivity contribution < 1.29 is 4.39 Å². The number of nitriles is 1. The summed E-state index contributed by atoms with van der Waals surface area (Å²) in [5.74, 6) is -0.0394. The van der Waals surface area contributed by atoms with Gasteiger partial charge in [-0.05, 0) is 57.1 Å². The molecule has 1 N–H and O–H groups in total. The number of nitrogens with one attached hydrogen (secondary N) is 1. The number of nitrogens with zero attached hydrogens (tertiary/aromatic N) is 6. The van der Waals surface area contributed by atoms with Gasteiger partial charge in [0, 0.05) is 22.4 Å². The number of aromatic nitrogens is 5. The van der Waals surface area contributed by atoms with Crippen molar-refractivity contribution in [3.05, 3.63) is 53.2 Å². The van der Waals surface area contributed by atoms with Crippen LogP contribution in [0.5, 0.6) is 0 Å². The Morgan fingerprint density at radius 1 is 1.20 bits per heavy atom. The first kappa shape index (κ1) is 18.6. The van der Waals surface area contributed by atoms with Crippen LogP contribution in [-0.2, 0) is 6.42 Å². The van der Waals surface area contributed by atoms with Crippen LogP contribution in [0.1, 0.15) is 35.7 Å². The maximum absolute atomic E-state index is 15.1. The van der Waals surface area contributed by atoms with E-state index in [0.29, 0.717) is 33.7 Å². The van der Waals surface area contributed by atoms with Gasteiger partial charge in [-0.3, -0.25) is 0 Å². The molecule has 1 aromatic carbocycles. The number of aryl methyl sites for hydroxylation is 1. The fraction of sp³-hybridized carbons (Fsp3) is 0.318. The van der Waals surface area contributed by atoms with Crippen LogP contribution in [0, 0.1) is 24.1 Å². The minimum Gasteiger partial charge on any atom is -0.317 e. The lowest BCUT2D eigenvalue weighted by Crippen LogP contribution is -2.27. The number of hydrogen-bond acceptors (Lipinski definition) is 6. The molecule has 7 nitrogen and oxygen atoms in total. The van der Waals surface area contributed by atoms with E-state index in [0.717, 1.165) is 42.9 Å². The van der Waals surface area contributed by atoms with Gasteiger partial charge in [0.15, 0.2) is 5.65 Å². The van der Waals surface area contributed by atoms with Gasteiger partial charge in [-0.1, -0.05) is 0 Å². The highest BCUT2D eigenvalue weighted by molar-refractivity contribution is 5.84. The first-order valence-electron chi connectivity index (χ1n) is 10.0. The molecule has 8 heteroatoms. The number of fused-ring (bicyclic) bond motifs is 2. The minimum absolute atomic E-state index is 0.199. The summed E-state index contributed by atoms with van der Waals surface area (Å²) in [5, 5.41) is 26.3. The number of hydrogen-bond donors (Lipinski definition) is 1. The zero-order chi connectivity index (χ0) is 20.7. The molecule has 0 atom stereocenters. The highest BCUT2D eigenvalue weighted by Crippen LogP contribution is 2.29. The number of piperidine rings is 1. The minimum atomic E-state index is -0.349. The van der Waals surface area contributed by atoms with Gasteiger partial charge in [0.1, 0.15) is 5.82 Å². The van der Waals surface area contributed by atoms with Gasteiger partial charge in [0.05, 0.1) is 41.3 Å². The first-order chi connectivity index (χ1) is 14.6. The normalized spacial score (nSPS) is 15.0. The van der Waals surface area contributed by atoms with Crippen molar-refractivity contribution in [1.82, 2.24) is 30.1 Å². The zero-order valence-electron chi connectivity index (χ0n) is 16.6. The second kappa shape index (κ2) is 7.43. The van der Waals surface area contributed by atoms with Gasteiger partial charge in [-0.15, -0.1) is 0 Å². The molecule has 1 fully saturated rings. The summed E-state index contributed by atoms with van der Waals surface area (Å²) in [5.41, 5.74) is 4.70. The third-order valence-electron chi connectivity index (χ3n) is 5.62. The molecule has 30 heavy (non-hydrogen) atoms. The highest BCUT2D eigenvalue weighted by atomic mass is 19.1. The lowest BCUT2D eigenvalue weighted by Gasteiger charge is -2.21.